The van der Waals surface area contributed by atoms with Gasteiger partial charge in [-0.25, -0.2) is 10.4 Å². The maximum atomic E-state index is 11.2. The first-order chi connectivity index (χ1) is 10.7. The van der Waals surface area contributed by atoms with Gasteiger partial charge in [0.25, 0.3) is 0 Å². The number of imidazole rings is 1. The van der Waals surface area contributed by atoms with Gasteiger partial charge >= 0.3 is 0 Å². The first-order valence-electron chi connectivity index (χ1n) is 7.07. The van der Waals surface area contributed by atoms with E-state index < -0.39 is 0 Å². The molecule has 7 heteroatoms. The molecule has 3 heterocycles. The molecule has 22 heavy (non-hydrogen) atoms. The minimum atomic E-state index is -0.0403. The number of hydrazone groups is 1. The molecule has 0 spiro atoms. The molecule has 0 fully saturated rings. The second kappa shape index (κ2) is 4.80. The van der Waals surface area contributed by atoms with Crippen molar-refractivity contribution in [3.8, 4) is 11.5 Å². The van der Waals surface area contributed by atoms with E-state index in [1.54, 1.807) is 0 Å². The molecule has 0 saturated heterocycles. The van der Waals surface area contributed by atoms with E-state index in [9.17, 15) is 4.79 Å². The molecule has 1 aliphatic heterocycles. The Bertz CT molecular complexity index is 904. The van der Waals surface area contributed by atoms with Crippen LogP contribution in [-0.2, 0) is 4.79 Å². The fourth-order valence-electron chi connectivity index (χ4n) is 2.54. The Morgan fingerprint density at radius 3 is 2.82 bits per heavy atom. The van der Waals surface area contributed by atoms with E-state index in [1.807, 2.05) is 31.2 Å². The van der Waals surface area contributed by atoms with Crippen molar-refractivity contribution in [2.45, 2.75) is 19.8 Å². The van der Waals surface area contributed by atoms with E-state index >= 15 is 0 Å². The first-order valence-corrected chi connectivity index (χ1v) is 7.07. The molecule has 4 rings (SSSR count). The summed E-state index contributed by atoms with van der Waals surface area (Å²) in [5, 5.41) is 11.2. The zero-order chi connectivity index (χ0) is 15.1. The Kier molecular flexibility index (Phi) is 2.78. The first kappa shape index (κ1) is 12.8. The molecule has 2 aromatic heterocycles. The van der Waals surface area contributed by atoms with Crippen LogP contribution >= 0.6 is 0 Å². The second-order valence-corrected chi connectivity index (χ2v) is 5.33. The van der Waals surface area contributed by atoms with E-state index in [1.165, 1.54) is 0 Å². The van der Waals surface area contributed by atoms with Crippen molar-refractivity contribution in [1.29, 1.82) is 0 Å². The lowest BCUT2D eigenvalue weighted by molar-refractivity contribution is -0.121. The van der Waals surface area contributed by atoms with Gasteiger partial charge < -0.3 is 4.98 Å². The Hall–Kier alpha value is -2.96. The van der Waals surface area contributed by atoms with E-state index in [4.69, 9.17) is 0 Å². The molecule has 3 aromatic rings. The minimum absolute atomic E-state index is 0.0403. The van der Waals surface area contributed by atoms with Gasteiger partial charge in [0.15, 0.2) is 5.82 Å². The molecule has 0 aliphatic carbocycles. The van der Waals surface area contributed by atoms with Crippen LogP contribution in [0.25, 0.3) is 22.6 Å². The number of nitrogens with one attached hydrogen (secondary N) is 3. The summed E-state index contributed by atoms with van der Waals surface area (Å²) in [7, 11) is 0. The van der Waals surface area contributed by atoms with Gasteiger partial charge in [0.1, 0.15) is 5.69 Å². The normalized spacial score (nSPS) is 15.0. The summed E-state index contributed by atoms with van der Waals surface area (Å²) in [6, 6.07) is 7.89. The number of hydrogen-bond donors (Lipinski definition) is 3. The highest BCUT2D eigenvalue weighted by Crippen LogP contribution is 2.21. The van der Waals surface area contributed by atoms with E-state index in [2.05, 4.69) is 30.7 Å². The summed E-state index contributed by atoms with van der Waals surface area (Å²) in [5.41, 5.74) is 7.97. The lowest BCUT2D eigenvalue weighted by Gasteiger charge is -2.11. The van der Waals surface area contributed by atoms with E-state index in [0.29, 0.717) is 12.8 Å². The number of rotatable bonds is 2. The Morgan fingerprint density at radius 2 is 2.09 bits per heavy atom. The molecule has 0 atom stereocenters. The van der Waals surface area contributed by atoms with Crippen LogP contribution in [0.15, 0.2) is 29.4 Å². The van der Waals surface area contributed by atoms with Crippen molar-refractivity contribution >= 4 is 22.7 Å². The number of benzene rings is 1. The van der Waals surface area contributed by atoms with Gasteiger partial charge in [0, 0.05) is 18.4 Å². The average molecular weight is 294 g/mol. The lowest BCUT2D eigenvalue weighted by Crippen LogP contribution is -2.25. The van der Waals surface area contributed by atoms with Gasteiger partial charge in [-0.2, -0.15) is 10.2 Å². The third-order valence-electron chi connectivity index (χ3n) is 3.68. The van der Waals surface area contributed by atoms with Crippen LogP contribution in [-0.4, -0.2) is 31.8 Å². The number of aryl methyl sites for hydroxylation is 1. The fraction of sp³-hybridized carbons (Fsp3) is 0.200. The summed E-state index contributed by atoms with van der Waals surface area (Å²) < 4.78 is 0. The summed E-state index contributed by atoms with van der Waals surface area (Å²) >= 11 is 0. The highest BCUT2D eigenvalue weighted by Gasteiger charge is 2.15. The Morgan fingerprint density at radius 1 is 1.18 bits per heavy atom. The molecule has 0 unspecified atom stereocenters. The summed E-state index contributed by atoms with van der Waals surface area (Å²) in [6.45, 7) is 1.93. The number of H-pyrrole nitrogens is 2. The minimum Gasteiger partial charge on any atom is -0.337 e. The van der Waals surface area contributed by atoms with Gasteiger partial charge in [-0.15, -0.1) is 0 Å². The van der Waals surface area contributed by atoms with Crippen molar-refractivity contribution in [1.82, 2.24) is 25.6 Å². The zero-order valence-electron chi connectivity index (χ0n) is 12.0. The Balaban J connectivity index is 1.73. The van der Waals surface area contributed by atoms with Crippen LogP contribution in [0.1, 0.15) is 24.1 Å². The molecule has 1 aliphatic rings. The number of hydrogen-bond acceptors (Lipinski definition) is 4. The van der Waals surface area contributed by atoms with Crippen LogP contribution < -0.4 is 5.43 Å². The predicted molar refractivity (Wildman–Crippen MR) is 82.3 cm³/mol. The van der Waals surface area contributed by atoms with Gasteiger partial charge in [0.2, 0.25) is 5.91 Å². The second-order valence-electron chi connectivity index (χ2n) is 5.33. The van der Waals surface area contributed by atoms with Crippen LogP contribution in [0.5, 0.6) is 0 Å². The van der Waals surface area contributed by atoms with Crippen molar-refractivity contribution in [3.05, 3.63) is 35.5 Å². The number of carbonyl (C=O) groups excluding carboxylic acids is 1. The van der Waals surface area contributed by atoms with Gasteiger partial charge in [-0.3, -0.25) is 9.89 Å². The van der Waals surface area contributed by atoms with Crippen molar-refractivity contribution < 1.29 is 4.79 Å². The molecule has 0 radical (unpaired) electrons. The molecule has 3 N–H and O–H groups in total. The molecule has 7 nitrogen and oxygen atoms in total. The topological polar surface area (TPSA) is 98.8 Å². The quantitative estimate of drug-likeness (QED) is 0.673. The molecule has 0 saturated carbocycles. The molecular weight excluding hydrogens is 280 g/mol. The van der Waals surface area contributed by atoms with E-state index in [-0.39, 0.29) is 5.91 Å². The molecule has 0 bridgehead atoms. The van der Waals surface area contributed by atoms with Crippen LogP contribution in [0.4, 0.5) is 0 Å². The number of amides is 1. The SMILES string of the molecule is Cc1cc(-c2nc3cc(C4=NNC(=O)CC4)ccc3[nH]2)[nH]n1. The molecular formula is C15H14N6O. The van der Waals surface area contributed by atoms with Crippen molar-refractivity contribution in [2.24, 2.45) is 5.10 Å². The van der Waals surface area contributed by atoms with Crippen molar-refractivity contribution in [3.63, 3.8) is 0 Å². The summed E-state index contributed by atoms with van der Waals surface area (Å²) in [6.07, 6.45) is 1.12. The van der Waals surface area contributed by atoms with E-state index in [0.717, 1.165) is 39.5 Å². The van der Waals surface area contributed by atoms with Crippen LogP contribution in [0.2, 0.25) is 0 Å². The maximum Gasteiger partial charge on any atom is 0.240 e. The van der Waals surface area contributed by atoms with Crippen LogP contribution in [0.3, 0.4) is 0 Å². The molecule has 1 amide bonds. The largest absolute Gasteiger partial charge is 0.337 e. The predicted octanol–water partition coefficient (Wildman–Crippen LogP) is 1.88. The number of aromatic nitrogens is 4. The highest BCUT2D eigenvalue weighted by molar-refractivity contribution is 6.05. The standard InChI is InChI=1S/C15H14N6O/c1-8-6-13(20-18-8)15-16-11-3-2-9(7-12(11)17-15)10-4-5-14(22)21-19-10/h2-3,6-7H,4-5H2,1H3,(H,16,17)(H,18,20)(H,21,22). The molecule has 110 valence electrons. The smallest absolute Gasteiger partial charge is 0.240 e. The third-order valence-corrected chi connectivity index (χ3v) is 3.68. The van der Waals surface area contributed by atoms with Crippen LogP contribution in [0, 0.1) is 6.92 Å². The van der Waals surface area contributed by atoms with Gasteiger partial charge in [-0.05, 0) is 25.1 Å². The average Bonchev–Trinajstić information content (AvgIpc) is 3.13. The van der Waals surface area contributed by atoms with Gasteiger partial charge in [0.05, 0.1) is 22.4 Å². The Labute approximate surface area is 125 Å². The summed E-state index contributed by atoms with van der Waals surface area (Å²) in [4.78, 5) is 19.0. The molecule has 1 aromatic carbocycles. The number of aromatic amines is 2. The highest BCUT2D eigenvalue weighted by atomic mass is 16.2. The zero-order valence-corrected chi connectivity index (χ0v) is 12.0. The third kappa shape index (κ3) is 2.16. The number of carbonyl (C=O) groups is 1. The monoisotopic (exact) mass is 294 g/mol. The van der Waals surface area contributed by atoms with Crippen molar-refractivity contribution in [2.75, 3.05) is 0 Å². The number of nitrogens with zero attached hydrogens (tertiary/aromatic N) is 3. The number of fused-ring (bicyclic) bond motifs is 1. The fourth-order valence-corrected chi connectivity index (χ4v) is 2.54. The summed E-state index contributed by atoms with van der Waals surface area (Å²) in [5.74, 6) is 0.716. The lowest BCUT2D eigenvalue weighted by atomic mass is 10.0. The maximum absolute atomic E-state index is 11.2. The van der Waals surface area contributed by atoms with Gasteiger partial charge in [-0.1, -0.05) is 6.07 Å².